The summed E-state index contributed by atoms with van der Waals surface area (Å²) in [7, 11) is 0. The second-order valence-corrected chi connectivity index (χ2v) is 3.85. The number of rotatable bonds is 2. The number of carbonyl (C=O) groups is 2. The van der Waals surface area contributed by atoms with Crippen LogP contribution in [0.5, 0.6) is 0 Å². The second kappa shape index (κ2) is 4.73. The summed E-state index contributed by atoms with van der Waals surface area (Å²) in [6.07, 6.45) is 1.44. The van der Waals surface area contributed by atoms with Crippen LogP contribution in [-0.2, 0) is 6.42 Å². The molecule has 1 aromatic rings. The van der Waals surface area contributed by atoms with E-state index in [0.717, 1.165) is 17.5 Å². The summed E-state index contributed by atoms with van der Waals surface area (Å²) < 4.78 is 0. The Morgan fingerprint density at radius 3 is 2.24 bits per heavy atom. The van der Waals surface area contributed by atoms with Crippen LogP contribution in [0.1, 0.15) is 44.3 Å². The van der Waals surface area contributed by atoms with Gasteiger partial charge in [-0.2, -0.15) is 0 Å². The molecule has 0 heterocycles. The van der Waals surface area contributed by atoms with Crippen molar-refractivity contribution in [1.29, 1.82) is 0 Å². The molecule has 1 aliphatic carbocycles. The van der Waals surface area contributed by atoms with Crippen LogP contribution in [0.4, 0.5) is 0 Å². The molecule has 0 radical (unpaired) electrons. The van der Waals surface area contributed by atoms with Gasteiger partial charge in [0.05, 0.1) is 11.1 Å². The Morgan fingerprint density at radius 2 is 1.71 bits per heavy atom. The molecule has 0 saturated heterocycles. The van der Waals surface area contributed by atoms with Gasteiger partial charge in [-0.3, -0.25) is 0 Å². The highest BCUT2D eigenvalue weighted by Crippen LogP contribution is 2.31. The average Bonchev–Trinajstić information content (AvgIpc) is 2.58. The lowest BCUT2D eigenvalue weighted by atomic mass is 9.99. The van der Waals surface area contributed by atoms with Gasteiger partial charge < -0.3 is 15.9 Å². The Hall–Kier alpha value is -1.59. The zero-order chi connectivity index (χ0) is 11.9. The van der Waals surface area contributed by atoms with Crippen molar-refractivity contribution in [3.05, 3.63) is 34.4 Å². The van der Waals surface area contributed by atoms with Crippen molar-refractivity contribution in [2.75, 3.05) is 0 Å². The first kappa shape index (κ1) is 13.5. The van der Waals surface area contributed by atoms with E-state index in [9.17, 15) is 9.59 Å². The summed E-state index contributed by atoms with van der Waals surface area (Å²) in [5.74, 6) is -2.46. The monoisotopic (exact) mass is 257 g/mol. The number of aryl methyl sites for hydroxylation is 1. The molecule has 2 rings (SSSR count). The number of fused-ring (bicyclic) bond motifs is 1. The van der Waals surface area contributed by atoms with Gasteiger partial charge in [0.15, 0.2) is 0 Å². The van der Waals surface area contributed by atoms with Crippen molar-refractivity contribution in [2.24, 2.45) is 5.73 Å². The van der Waals surface area contributed by atoms with E-state index < -0.39 is 11.9 Å². The van der Waals surface area contributed by atoms with Gasteiger partial charge in [0.2, 0.25) is 0 Å². The maximum absolute atomic E-state index is 10.9. The first-order valence-electron chi connectivity index (χ1n) is 4.89. The van der Waals surface area contributed by atoms with Crippen molar-refractivity contribution in [3.8, 4) is 0 Å². The number of carboxylic acids is 2. The van der Waals surface area contributed by atoms with Crippen molar-refractivity contribution >= 4 is 24.3 Å². The molecule has 0 aliphatic heterocycles. The third kappa shape index (κ3) is 2.25. The van der Waals surface area contributed by atoms with Gasteiger partial charge in [-0.1, -0.05) is 0 Å². The number of nitrogens with two attached hydrogens (primary N) is 1. The Morgan fingerprint density at radius 1 is 1.18 bits per heavy atom. The topological polar surface area (TPSA) is 101 Å². The minimum absolute atomic E-state index is 0. The molecule has 6 heteroatoms. The molecule has 0 spiro atoms. The summed E-state index contributed by atoms with van der Waals surface area (Å²) >= 11 is 0. The maximum atomic E-state index is 10.9. The summed E-state index contributed by atoms with van der Waals surface area (Å²) in [4.78, 5) is 21.8. The average molecular weight is 258 g/mol. The van der Waals surface area contributed by atoms with Crippen LogP contribution in [-0.4, -0.2) is 22.2 Å². The van der Waals surface area contributed by atoms with E-state index in [1.165, 1.54) is 12.1 Å². The number of aromatic carboxylic acids is 2. The minimum atomic E-state index is -1.24. The lowest BCUT2D eigenvalue weighted by molar-refractivity contribution is 0.0651. The standard InChI is InChI=1S/C11H11NO4.ClH/c12-9-2-1-5-3-7(10(13)14)8(11(15)16)4-6(5)9;/h3-4,9H,1-2,12H2,(H,13,14)(H,15,16);1H. The largest absolute Gasteiger partial charge is 0.478 e. The summed E-state index contributed by atoms with van der Waals surface area (Å²) in [6.45, 7) is 0. The molecule has 0 bridgehead atoms. The van der Waals surface area contributed by atoms with Crippen LogP contribution in [0.2, 0.25) is 0 Å². The smallest absolute Gasteiger partial charge is 0.336 e. The van der Waals surface area contributed by atoms with Gasteiger partial charge in [-0.15, -0.1) is 12.4 Å². The van der Waals surface area contributed by atoms with Crippen molar-refractivity contribution in [3.63, 3.8) is 0 Å². The van der Waals surface area contributed by atoms with Gasteiger partial charge in [0.1, 0.15) is 0 Å². The lowest BCUT2D eigenvalue weighted by Crippen LogP contribution is -2.11. The van der Waals surface area contributed by atoms with E-state index in [0.29, 0.717) is 6.42 Å². The Labute approximate surface area is 104 Å². The molecular formula is C11H12ClNO4. The molecule has 4 N–H and O–H groups in total. The number of hydrogen-bond donors (Lipinski definition) is 3. The van der Waals surface area contributed by atoms with Crippen LogP contribution in [0, 0.1) is 0 Å². The predicted octanol–water partition coefficient (Wildman–Crippen LogP) is 1.45. The third-order valence-electron chi connectivity index (χ3n) is 2.86. The molecule has 1 atom stereocenters. The van der Waals surface area contributed by atoms with Crippen molar-refractivity contribution < 1.29 is 19.8 Å². The first-order chi connectivity index (χ1) is 7.50. The molecule has 1 unspecified atom stereocenters. The van der Waals surface area contributed by atoms with Crippen LogP contribution >= 0.6 is 12.4 Å². The summed E-state index contributed by atoms with van der Waals surface area (Å²) in [5.41, 5.74) is 7.04. The van der Waals surface area contributed by atoms with Crippen LogP contribution in [0.25, 0.3) is 0 Å². The molecule has 92 valence electrons. The van der Waals surface area contributed by atoms with Gasteiger partial charge in [0.25, 0.3) is 0 Å². The van der Waals surface area contributed by atoms with Crippen LogP contribution < -0.4 is 5.73 Å². The number of benzene rings is 1. The van der Waals surface area contributed by atoms with Gasteiger partial charge in [0, 0.05) is 6.04 Å². The van der Waals surface area contributed by atoms with E-state index >= 15 is 0 Å². The zero-order valence-electron chi connectivity index (χ0n) is 8.84. The third-order valence-corrected chi connectivity index (χ3v) is 2.86. The predicted molar refractivity (Wildman–Crippen MR) is 62.9 cm³/mol. The Kier molecular flexibility index (Phi) is 3.75. The van der Waals surface area contributed by atoms with Crippen molar-refractivity contribution in [1.82, 2.24) is 0 Å². The molecule has 0 saturated carbocycles. The fourth-order valence-corrected chi connectivity index (χ4v) is 2.04. The first-order valence-corrected chi connectivity index (χ1v) is 4.89. The highest BCUT2D eigenvalue weighted by molar-refractivity contribution is 6.02. The molecule has 17 heavy (non-hydrogen) atoms. The van der Waals surface area contributed by atoms with E-state index in [1.807, 2.05) is 0 Å². The Balaban J connectivity index is 0.00000144. The van der Waals surface area contributed by atoms with Gasteiger partial charge >= 0.3 is 11.9 Å². The highest BCUT2D eigenvalue weighted by Gasteiger charge is 2.25. The molecule has 0 fully saturated rings. The summed E-state index contributed by atoms with van der Waals surface area (Å²) in [5, 5.41) is 17.8. The number of hydrogen-bond acceptors (Lipinski definition) is 3. The van der Waals surface area contributed by atoms with Gasteiger partial charge in [-0.05, 0) is 36.1 Å². The maximum Gasteiger partial charge on any atom is 0.336 e. The SMILES string of the molecule is Cl.NC1CCc2cc(C(=O)O)c(C(=O)O)cc21. The quantitative estimate of drug-likeness (QED) is 0.744. The Bertz CT molecular complexity index is 487. The number of carboxylic acid groups (broad SMARTS) is 2. The number of halogens is 1. The molecule has 0 aromatic heterocycles. The highest BCUT2D eigenvalue weighted by atomic mass is 35.5. The zero-order valence-corrected chi connectivity index (χ0v) is 9.66. The molecule has 1 aliphatic rings. The van der Waals surface area contributed by atoms with Crippen LogP contribution in [0.3, 0.4) is 0 Å². The minimum Gasteiger partial charge on any atom is -0.478 e. The second-order valence-electron chi connectivity index (χ2n) is 3.85. The molecule has 5 nitrogen and oxygen atoms in total. The molecule has 1 aromatic carbocycles. The molecular weight excluding hydrogens is 246 g/mol. The summed E-state index contributed by atoms with van der Waals surface area (Å²) in [6, 6.07) is 2.63. The van der Waals surface area contributed by atoms with Crippen molar-refractivity contribution in [2.45, 2.75) is 18.9 Å². The van der Waals surface area contributed by atoms with E-state index in [4.69, 9.17) is 15.9 Å². The normalized spacial score (nSPS) is 17.1. The van der Waals surface area contributed by atoms with E-state index in [-0.39, 0.29) is 29.6 Å². The molecule has 0 amide bonds. The van der Waals surface area contributed by atoms with Crippen LogP contribution in [0.15, 0.2) is 12.1 Å². The fourth-order valence-electron chi connectivity index (χ4n) is 2.04. The lowest BCUT2D eigenvalue weighted by Gasteiger charge is -2.08. The fraction of sp³-hybridized carbons (Fsp3) is 0.273. The van der Waals surface area contributed by atoms with E-state index in [1.54, 1.807) is 0 Å². The van der Waals surface area contributed by atoms with E-state index in [2.05, 4.69) is 0 Å². The van der Waals surface area contributed by atoms with Gasteiger partial charge in [-0.25, -0.2) is 9.59 Å².